The smallest absolute Gasteiger partial charge is 0.194 e. The van der Waals surface area contributed by atoms with Gasteiger partial charge in [-0.2, -0.15) is 0 Å². The normalized spacial score (nSPS) is 31.5. The maximum atomic E-state index is 13.2. The van der Waals surface area contributed by atoms with Crippen molar-refractivity contribution in [2.75, 3.05) is 0 Å². The first-order valence-electron chi connectivity index (χ1n) is 7.02. The summed E-state index contributed by atoms with van der Waals surface area (Å²) in [7, 11) is 0. The van der Waals surface area contributed by atoms with Gasteiger partial charge in [0.2, 0.25) is 0 Å². The van der Waals surface area contributed by atoms with Gasteiger partial charge in [0.15, 0.2) is 17.5 Å². The summed E-state index contributed by atoms with van der Waals surface area (Å²) in [5, 5.41) is 0. The van der Waals surface area contributed by atoms with Gasteiger partial charge in [-0.1, -0.05) is 20.8 Å². The molecule has 0 spiro atoms. The highest BCUT2D eigenvalue weighted by atomic mass is 19.2. The van der Waals surface area contributed by atoms with Gasteiger partial charge in [-0.25, -0.2) is 13.2 Å². The van der Waals surface area contributed by atoms with E-state index in [0.29, 0.717) is 35.7 Å². The summed E-state index contributed by atoms with van der Waals surface area (Å²) < 4.78 is 39.3. The molecule has 2 rings (SSSR count). The van der Waals surface area contributed by atoms with Crippen molar-refractivity contribution in [3.8, 4) is 0 Å². The zero-order chi connectivity index (χ0) is 14.2. The van der Waals surface area contributed by atoms with Crippen LogP contribution in [0.4, 0.5) is 13.2 Å². The monoisotopic (exact) mass is 270 g/mol. The number of hydrogen-bond donors (Lipinski definition) is 0. The molecule has 1 saturated carbocycles. The lowest BCUT2D eigenvalue weighted by Crippen LogP contribution is -2.28. The lowest BCUT2D eigenvalue weighted by molar-refractivity contribution is 0.141. The summed E-state index contributed by atoms with van der Waals surface area (Å²) in [6.07, 6.45) is 2.79. The first-order valence-corrected chi connectivity index (χ1v) is 7.02. The van der Waals surface area contributed by atoms with Crippen LogP contribution in [0.15, 0.2) is 12.1 Å². The first-order chi connectivity index (χ1) is 8.88. The minimum absolute atomic E-state index is 0.436. The molecule has 1 aromatic carbocycles. The van der Waals surface area contributed by atoms with E-state index in [9.17, 15) is 13.2 Å². The molecule has 0 bridgehead atoms. The highest BCUT2D eigenvalue weighted by molar-refractivity contribution is 5.20. The third-order valence-electron chi connectivity index (χ3n) is 4.77. The summed E-state index contributed by atoms with van der Waals surface area (Å²) in [6.45, 7) is 6.74. The number of hydrogen-bond acceptors (Lipinski definition) is 0. The van der Waals surface area contributed by atoms with Crippen LogP contribution >= 0.6 is 0 Å². The second-order valence-electron chi connectivity index (χ2n) is 6.23. The van der Waals surface area contributed by atoms with Crippen LogP contribution in [0.3, 0.4) is 0 Å². The van der Waals surface area contributed by atoms with Gasteiger partial charge < -0.3 is 0 Å². The summed E-state index contributed by atoms with van der Waals surface area (Å²) in [6, 6.07) is 2.26. The zero-order valence-electron chi connectivity index (χ0n) is 11.7. The molecule has 1 aliphatic rings. The zero-order valence-corrected chi connectivity index (χ0v) is 11.7. The Morgan fingerprint density at radius 3 is 1.89 bits per heavy atom. The summed E-state index contributed by atoms with van der Waals surface area (Å²) >= 11 is 0. The third kappa shape index (κ3) is 3.13. The fourth-order valence-electron chi connectivity index (χ4n) is 3.36. The van der Waals surface area contributed by atoms with Crippen molar-refractivity contribution in [2.45, 2.75) is 40.0 Å². The predicted molar refractivity (Wildman–Crippen MR) is 70.2 cm³/mol. The van der Waals surface area contributed by atoms with E-state index in [0.717, 1.165) is 25.0 Å². The van der Waals surface area contributed by atoms with E-state index < -0.39 is 17.5 Å². The van der Waals surface area contributed by atoms with E-state index in [4.69, 9.17) is 0 Å². The molecule has 0 aliphatic heterocycles. The van der Waals surface area contributed by atoms with Gasteiger partial charge in [0, 0.05) is 0 Å². The van der Waals surface area contributed by atoms with Gasteiger partial charge in [-0.3, -0.25) is 0 Å². The standard InChI is InChI=1S/C16H21F3/c1-9-4-12(5-10(2)11(9)3)6-13-7-14(17)16(19)15(18)8-13/h7-12H,4-6H2,1-3H3. The molecule has 2 unspecified atom stereocenters. The average molecular weight is 270 g/mol. The van der Waals surface area contributed by atoms with Crippen molar-refractivity contribution >= 4 is 0 Å². The number of benzene rings is 1. The van der Waals surface area contributed by atoms with E-state index in [-0.39, 0.29) is 0 Å². The Morgan fingerprint density at radius 2 is 1.42 bits per heavy atom. The Hall–Kier alpha value is -0.990. The summed E-state index contributed by atoms with van der Waals surface area (Å²) in [5.41, 5.74) is 0.565. The number of rotatable bonds is 2. The molecule has 19 heavy (non-hydrogen) atoms. The summed E-state index contributed by atoms with van der Waals surface area (Å²) in [5.74, 6) is -1.15. The Bertz CT molecular complexity index is 420. The van der Waals surface area contributed by atoms with Crippen LogP contribution in [0.2, 0.25) is 0 Å². The second kappa shape index (κ2) is 5.56. The van der Waals surface area contributed by atoms with Crippen molar-refractivity contribution in [1.29, 1.82) is 0 Å². The van der Waals surface area contributed by atoms with E-state index in [1.54, 1.807) is 0 Å². The predicted octanol–water partition coefficient (Wildman–Crippen LogP) is 4.96. The van der Waals surface area contributed by atoms with Crippen LogP contribution in [-0.4, -0.2) is 0 Å². The maximum Gasteiger partial charge on any atom is 0.194 e. The molecule has 106 valence electrons. The Morgan fingerprint density at radius 1 is 0.947 bits per heavy atom. The van der Waals surface area contributed by atoms with E-state index in [2.05, 4.69) is 20.8 Å². The van der Waals surface area contributed by atoms with Gasteiger partial charge >= 0.3 is 0 Å². The van der Waals surface area contributed by atoms with E-state index in [1.807, 2.05) is 0 Å². The van der Waals surface area contributed by atoms with Crippen molar-refractivity contribution in [3.63, 3.8) is 0 Å². The molecule has 0 N–H and O–H groups in total. The van der Waals surface area contributed by atoms with Crippen LogP contribution in [0.5, 0.6) is 0 Å². The molecule has 2 atom stereocenters. The fourth-order valence-corrected chi connectivity index (χ4v) is 3.36. The molecule has 3 heteroatoms. The molecular weight excluding hydrogens is 249 g/mol. The van der Waals surface area contributed by atoms with Crippen molar-refractivity contribution in [1.82, 2.24) is 0 Å². The minimum Gasteiger partial charge on any atom is -0.204 e. The van der Waals surface area contributed by atoms with Crippen molar-refractivity contribution < 1.29 is 13.2 Å². The molecule has 0 aromatic heterocycles. The molecule has 0 radical (unpaired) electrons. The molecular formula is C16H21F3. The highest BCUT2D eigenvalue weighted by Crippen LogP contribution is 2.39. The fraction of sp³-hybridized carbons (Fsp3) is 0.625. The molecule has 0 heterocycles. The summed E-state index contributed by atoms with van der Waals surface area (Å²) in [4.78, 5) is 0. The number of halogens is 3. The van der Waals surface area contributed by atoms with E-state index >= 15 is 0 Å². The van der Waals surface area contributed by atoms with Gasteiger partial charge in [0.25, 0.3) is 0 Å². The van der Waals surface area contributed by atoms with Crippen LogP contribution in [0.1, 0.15) is 39.2 Å². The minimum atomic E-state index is -1.37. The molecule has 1 fully saturated rings. The Kier molecular flexibility index (Phi) is 4.22. The van der Waals surface area contributed by atoms with Crippen molar-refractivity contribution in [2.24, 2.45) is 23.7 Å². The molecule has 0 amide bonds. The second-order valence-corrected chi connectivity index (χ2v) is 6.23. The molecule has 0 nitrogen and oxygen atoms in total. The molecule has 1 aliphatic carbocycles. The van der Waals surface area contributed by atoms with Gasteiger partial charge in [0.1, 0.15) is 0 Å². The maximum absolute atomic E-state index is 13.2. The lowest BCUT2D eigenvalue weighted by atomic mass is 9.68. The van der Waals surface area contributed by atoms with Gasteiger partial charge in [-0.15, -0.1) is 0 Å². The SMILES string of the molecule is CC1CC(Cc2cc(F)c(F)c(F)c2)CC(C)C1C. The quantitative estimate of drug-likeness (QED) is 0.666. The van der Waals surface area contributed by atoms with Crippen LogP contribution in [0, 0.1) is 41.1 Å². The van der Waals surface area contributed by atoms with Crippen LogP contribution in [0.25, 0.3) is 0 Å². The molecule has 1 aromatic rings. The molecule has 0 saturated heterocycles. The Balaban J connectivity index is 2.09. The lowest BCUT2D eigenvalue weighted by Gasteiger charge is -2.37. The van der Waals surface area contributed by atoms with Crippen LogP contribution < -0.4 is 0 Å². The highest BCUT2D eigenvalue weighted by Gasteiger charge is 2.30. The van der Waals surface area contributed by atoms with Gasteiger partial charge in [-0.05, 0) is 60.6 Å². The third-order valence-corrected chi connectivity index (χ3v) is 4.77. The van der Waals surface area contributed by atoms with Crippen LogP contribution in [-0.2, 0) is 6.42 Å². The Labute approximate surface area is 113 Å². The topological polar surface area (TPSA) is 0 Å². The largest absolute Gasteiger partial charge is 0.204 e. The van der Waals surface area contributed by atoms with Gasteiger partial charge in [0.05, 0.1) is 0 Å². The first kappa shape index (κ1) is 14.4. The van der Waals surface area contributed by atoms with Crippen molar-refractivity contribution in [3.05, 3.63) is 35.1 Å². The average Bonchev–Trinajstić information content (AvgIpc) is 2.33. The van der Waals surface area contributed by atoms with E-state index in [1.165, 1.54) is 0 Å².